The molecule has 0 saturated heterocycles. The van der Waals surface area contributed by atoms with Crippen LogP contribution in [0.4, 0.5) is 68.2 Å². The van der Waals surface area contributed by atoms with Gasteiger partial charge >= 0.3 is 0 Å². The molecule has 6 aromatic heterocycles. The Labute approximate surface area is 861 Å². The van der Waals surface area contributed by atoms with Crippen LogP contribution in [0.15, 0.2) is 500 Å². The lowest BCUT2D eigenvalue weighted by Crippen LogP contribution is -2.12. The molecule has 0 bridgehead atoms. The van der Waals surface area contributed by atoms with E-state index >= 15 is 0 Å². The number of para-hydroxylation sites is 9. The van der Waals surface area contributed by atoms with Crippen LogP contribution >= 0.6 is 0 Å². The third kappa shape index (κ3) is 13.3. The van der Waals surface area contributed by atoms with Crippen molar-refractivity contribution in [3.63, 3.8) is 0 Å². The van der Waals surface area contributed by atoms with Gasteiger partial charge in [-0.1, -0.05) is 382 Å². The number of benzene rings is 24. The molecule has 0 aliphatic heterocycles. The molecule has 6 heterocycles. The van der Waals surface area contributed by atoms with Crippen molar-refractivity contribution < 1.29 is 26.5 Å². The second kappa shape index (κ2) is 34.0. The van der Waals surface area contributed by atoms with Crippen LogP contribution in [0.2, 0.25) is 0 Å². The van der Waals surface area contributed by atoms with E-state index in [1.807, 2.05) is 0 Å². The van der Waals surface area contributed by atoms with Crippen molar-refractivity contribution in [1.82, 2.24) is 0 Å². The Balaban J connectivity index is 0.673. The summed E-state index contributed by atoms with van der Waals surface area (Å²) in [5.74, 6) is 0. The van der Waals surface area contributed by atoms with E-state index in [0.29, 0.717) is 16.7 Å². The molecule has 0 fully saturated rings. The number of hydrogen-bond acceptors (Lipinski definition) is 10. The molecule has 0 unspecified atom stereocenters. The normalized spacial score (nSPS) is 12.0. The van der Waals surface area contributed by atoms with E-state index in [4.69, 9.17) is 26.5 Å². The molecule has 30 rings (SSSR count). The Bertz CT molecular complexity index is 10800. The monoisotopic (exact) mass is 1920 g/mol. The fourth-order valence-corrected chi connectivity index (χ4v) is 24.3. The Morgan fingerprint density at radius 1 is 0.133 bits per heavy atom. The summed E-state index contributed by atoms with van der Waals surface area (Å²) in [4.78, 5) is 9.65. The van der Waals surface area contributed by atoms with Gasteiger partial charge in [0.15, 0.2) is 22.3 Å². The first-order valence-corrected chi connectivity index (χ1v) is 51.2. The maximum Gasteiger partial charge on any atom is 0.160 e. The minimum Gasteiger partial charge on any atom is -0.456 e. The van der Waals surface area contributed by atoms with E-state index in [0.717, 1.165) is 304 Å². The summed E-state index contributed by atoms with van der Waals surface area (Å²) >= 11 is 0. The zero-order valence-electron chi connectivity index (χ0n) is 82.3. The molecular formula is C140H90N4O6. The molecule has 0 radical (unpaired) electrons. The van der Waals surface area contributed by atoms with Crippen molar-refractivity contribution in [1.29, 1.82) is 0 Å². The van der Waals surface area contributed by atoms with Crippen LogP contribution in [0.25, 0.3) is 230 Å². The molecule has 150 heavy (non-hydrogen) atoms. The standard InChI is InChI=1S/C140H90N4O6/c1-83-36-27-60-106-109-63-33-69-116(137(109)147-133(83)106)141(94-50-31-48-91(76-94)87-40-9-5-10-41-87)120-79-124-129(102-57-20-17-54-99(102)120)130-103-58-21-18-55-100(103)121(80-125(130)145-124)142(95-51-32-49-92(77-95)88-42-11-6-12-43-88)119-75-74-98(128-112-66-30-39-86(4)136(112)150-140(119)128)93-72-73-105-113(78-93)123(144(115-68-26-24-53-97(115)90-46-15-8-16-47-90)118-71-35-65-111-108-62-29-38-85(3)135(108)149-139(111)118)82-127-132(105)131-104-59-22-19-56-101(104)122(81-126(131)146-127)143(114-67-25-23-52-96(114)89-44-13-7-14-45-89)117-70-34-64-110-107-61-28-37-84(2)134(107)148-138(110)117/h5-82H,1-4H3. The fourth-order valence-electron chi connectivity index (χ4n) is 24.3. The van der Waals surface area contributed by atoms with Crippen molar-refractivity contribution in [2.75, 3.05) is 19.6 Å². The first-order valence-electron chi connectivity index (χ1n) is 51.2. The molecule has 0 spiro atoms. The lowest BCUT2D eigenvalue weighted by Gasteiger charge is -2.29. The summed E-state index contributed by atoms with van der Waals surface area (Å²) in [6.45, 7) is 8.55. The van der Waals surface area contributed by atoms with Gasteiger partial charge in [0.05, 0.1) is 56.9 Å². The molecular weight excluding hydrogens is 1830 g/mol. The Hall–Kier alpha value is -19.7. The molecule has 24 aromatic carbocycles. The lowest BCUT2D eigenvalue weighted by molar-refractivity contribution is 0.665. The number of rotatable bonds is 17. The molecule has 0 amide bonds. The number of hydrogen-bond donors (Lipinski definition) is 0. The predicted octanol–water partition coefficient (Wildman–Crippen LogP) is 41.1. The largest absolute Gasteiger partial charge is 0.456 e. The van der Waals surface area contributed by atoms with E-state index in [1.165, 1.54) is 0 Å². The Kier molecular flexibility index (Phi) is 19.5. The molecule has 10 nitrogen and oxygen atoms in total. The smallest absolute Gasteiger partial charge is 0.160 e. The van der Waals surface area contributed by atoms with Crippen LogP contribution in [0, 0.1) is 27.7 Å². The highest BCUT2D eigenvalue weighted by Crippen LogP contribution is 2.59. The van der Waals surface area contributed by atoms with Gasteiger partial charge in [-0.05, 0) is 183 Å². The van der Waals surface area contributed by atoms with Crippen LogP contribution in [0.1, 0.15) is 22.3 Å². The van der Waals surface area contributed by atoms with Gasteiger partial charge in [0, 0.05) is 133 Å². The molecule has 10 heteroatoms. The summed E-state index contributed by atoms with van der Waals surface area (Å²) in [6, 6.07) is 171. The number of anilines is 12. The molecule has 706 valence electrons. The van der Waals surface area contributed by atoms with Gasteiger partial charge in [0.1, 0.15) is 44.7 Å². The molecule has 0 aliphatic rings. The zero-order chi connectivity index (χ0) is 99.2. The minimum atomic E-state index is 0.699. The van der Waals surface area contributed by atoms with E-state index in [-0.39, 0.29) is 0 Å². The maximum absolute atomic E-state index is 7.92. The van der Waals surface area contributed by atoms with Gasteiger partial charge in [0.2, 0.25) is 0 Å². The molecule has 0 atom stereocenters. The summed E-state index contributed by atoms with van der Waals surface area (Å²) in [7, 11) is 0. The average molecular weight is 1920 g/mol. The number of aryl methyl sites for hydroxylation is 4. The SMILES string of the molecule is Cc1cccc2c1oc1c(N(c3cccc(-c4ccccc4)c3)c3cc4oc5cc(N(c6cccc(-c7ccccc7)c6)c6ccc(-c7ccc8c(c7)c(N(c7ccccc7-c7ccccc7)c7cccc9c7oc7c(C)cccc79)cc7oc9cc(N(c%10ccccc%10-c%10ccccc%10)c%10cccc%11c%10oc%10c(C)cccc%10%11)c%10ccccc%10c9c78)c7c6oc6c(C)cccc67)c6ccccc6c5c4c4ccccc34)cccc12. The van der Waals surface area contributed by atoms with Crippen molar-refractivity contribution in [2.45, 2.75) is 27.7 Å². The van der Waals surface area contributed by atoms with Gasteiger partial charge in [-0.15, -0.1) is 0 Å². The number of furan rings is 6. The van der Waals surface area contributed by atoms with Gasteiger partial charge in [-0.2, -0.15) is 0 Å². The van der Waals surface area contributed by atoms with Crippen molar-refractivity contribution in [3.05, 3.63) is 495 Å². The first kappa shape index (κ1) is 85.9. The third-order valence-corrected chi connectivity index (χ3v) is 31.0. The molecule has 0 aliphatic carbocycles. The van der Waals surface area contributed by atoms with Gasteiger partial charge in [0.25, 0.3) is 0 Å². The summed E-state index contributed by atoms with van der Waals surface area (Å²) in [5, 5.41) is 20.2. The first-order chi connectivity index (χ1) is 74.1. The fraction of sp³-hybridized carbons (Fsp3) is 0.0286. The highest BCUT2D eigenvalue weighted by atomic mass is 16.4. The van der Waals surface area contributed by atoms with E-state index in [9.17, 15) is 0 Å². The molecule has 30 aromatic rings. The summed E-state index contributed by atoms with van der Waals surface area (Å²) in [6.07, 6.45) is 0. The van der Waals surface area contributed by atoms with Crippen molar-refractivity contribution in [2.24, 2.45) is 0 Å². The van der Waals surface area contributed by atoms with E-state index < -0.39 is 0 Å². The van der Waals surface area contributed by atoms with Crippen molar-refractivity contribution >= 4 is 243 Å². The molecule has 0 N–H and O–H groups in total. The average Bonchev–Trinajstić information content (AvgIpc) is 1.52. The second-order valence-corrected chi connectivity index (χ2v) is 39.6. The van der Waals surface area contributed by atoms with E-state index in [1.54, 1.807) is 0 Å². The van der Waals surface area contributed by atoms with Crippen LogP contribution in [-0.2, 0) is 0 Å². The Morgan fingerprint density at radius 3 is 0.820 bits per heavy atom. The van der Waals surface area contributed by atoms with Gasteiger partial charge in [-0.25, -0.2) is 0 Å². The highest BCUT2D eigenvalue weighted by molar-refractivity contribution is 6.34. The zero-order valence-corrected chi connectivity index (χ0v) is 82.3. The number of fused-ring (bicyclic) bond motifs is 26. The second-order valence-electron chi connectivity index (χ2n) is 39.6. The lowest BCUT2D eigenvalue weighted by atomic mass is 9.92. The van der Waals surface area contributed by atoms with Gasteiger partial charge < -0.3 is 46.1 Å². The van der Waals surface area contributed by atoms with Crippen LogP contribution < -0.4 is 19.6 Å². The topological polar surface area (TPSA) is 91.8 Å². The van der Waals surface area contributed by atoms with Gasteiger partial charge in [-0.3, -0.25) is 0 Å². The molecule has 0 saturated carbocycles. The van der Waals surface area contributed by atoms with Crippen molar-refractivity contribution in [3.8, 4) is 55.6 Å². The minimum absolute atomic E-state index is 0.699. The van der Waals surface area contributed by atoms with Crippen LogP contribution in [0.5, 0.6) is 0 Å². The quantitative estimate of drug-likeness (QED) is 0.0878. The number of nitrogens with zero attached hydrogens (tertiary/aromatic N) is 4. The van der Waals surface area contributed by atoms with Crippen LogP contribution in [-0.4, -0.2) is 0 Å². The highest BCUT2D eigenvalue weighted by Gasteiger charge is 2.35. The summed E-state index contributed by atoms with van der Waals surface area (Å²) in [5.41, 5.74) is 34.8. The maximum atomic E-state index is 7.92. The van der Waals surface area contributed by atoms with Crippen LogP contribution in [0.3, 0.4) is 0 Å². The van der Waals surface area contributed by atoms with E-state index in [2.05, 4.69) is 520 Å². The summed E-state index contributed by atoms with van der Waals surface area (Å²) < 4.78 is 45.4. The third-order valence-electron chi connectivity index (χ3n) is 31.0. The Morgan fingerprint density at radius 2 is 0.413 bits per heavy atom. The predicted molar refractivity (Wildman–Crippen MR) is 625 cm³/mol.